The van der Waals surface area contributed by atoms with Crippen LogP contribution in [-0.4, -0.2) is 50.2 Å². The number of amides is 1. The third kappa shape index (κ3) is 3.36. The van der Waals surface area contributed by atoms with E-state index >= 15 is 0 Å². The summed E-state index contributed by atoms with van der Waals surface area (Å²) in [5.74, 6) is 0.544. The SMILES string of the molecule is Cc1ccc(O[C@@H]2CCCN(C(=O)c3ncccn3)C2)nn1. The average molecular weight is 299 g/mol. The maximum atomic E-state index is 12.4. The van der Waals surface area contributed by atoms with Crippen LogP contribution in [0.15, 0.2) is 30.6 Å². The molecule has 0 unspecified atom stereocenters. The summed E-state index contributed by atoms with van der Waals surface area (Å²) in [6, 6.07) is 5.34. The maximum absolute atomic E-state index is 12.4. The van der Waals surface area contributed by atoms with E-state index in [-0.39, 0.29) is 17.8 Å². The van der Waals surface area contributed by atoms with Crippen LogP contribution in [-0.2, 0) is 0 Å². The van der Waals surface area contributed by atoms with Gasteiger partial charge in [0, 0.05) is 25.0 Å². The lowest BCUT2D eigenvalue weighted by atomic mass is 10.1. The Bertz CT molecular complexity index is 632. The molecule has 1 atom stereocenters. The molecule has 1 aliphatic rings. The molecule has 22 heavy (non-hydrogen) atoms. The Hall–Kier alpha value is -2.57. The van der Waals surface area contributed by atoms with Gasteiger partial charge >= 0.3 is 0 Å². The van der Waals surface area contributed by atoms with Crippen LogP contribution in [0.25, 0.3) is 0 Å². The third-order valence-corrected chi connectivity index (χ3v) is 3.48. The van der Waals surface area contributed by atoms with Crippen LogP contribution in [0.2, 0.25) is 0 Å². The first-order valence-electron chi connectivity index (χ1n) is 7.25. The minimum atomic E-state index is -0.163. The van der Waals surface area contributed by atoms with Gasteiger partial charge < -0.3 is 9.64 Å². The van der Waals surface area contributed by atoms with Crippen LogP contribution in [0.4, 0.5) is 0 Å². The first-order valence-corrected chi connectivity index (χ1v) is 7.25. The fourth-order valence-electron chi connectivity index (χ4n) is 2.39. The van der Waals surface area contributed by atoms with Crippen LogP contribution >= 0.6 is 0 Å². The monoisotopic (exact) mass is 299 g/mol. The number of nitrogens with zero attached hydrogens (tertiary/aromatic N) is 5. The summed E-state index contributed by atoms with van der Waals surface area (Å²) < 4.78 is 5.82. The number of likely N-dealkylation sites (tertiary alicyclic amines) is 1. The molecular weight excluding hydrogens is 282 g/mol. The summed E-state index contributed by atoms with van der Waals surface area (Å²) in [7, 11) is 0. The molecule has 3 rings (SSSR count). The van der Waals surface area contributed by atoms with Gasteiger partial charge in [-0.3, -0.25) is 4.79 Å². The van der Waals surface area contributed by atoms with E-state index in [1.54, 1.807) is 29.4 Å². The molecular formula is C15H17N5O2. The predicted molar refractivity (Wildman–Crippen MR) is 78.4 cm³/mol. The highest BCUT2D eigenvalue weighted by molar-refractivity contribution is 5.90. The Morgan fingerprint density at radius 3 is 2.82 bits per heavy atom. The number of ether oxygens (including phenoxy) is 1. The second-order valence-corrected chi connectivity index (χ2v) is 5.22. The number of piperidine rings is 1. The molecule has 2 aromatic heterocycles. The molecule has 3 heterocycles. The molecule has 1 aliphatic heterocycles. The second kappa shape index (κ2) is 6.46. The molecule has 0 N–H and O–H groups in total. The fraction of sp³-hybridized carbons (Fsp3) is 0.400. The highest BCUT2D eigenvalue weighted by Gasteiger charge is 2.27. The number of carbonyl (C=O) groups is 1. The van der Waals surface area contributed by atoms with Gasteiger partial charge in [0.1, 0.15) is 6.10 Å². The molecule has 0 aliphatic carbocycles. The zero-order chi connectivity index (χ0) is 15.4. The first kappa shape index (κ1) is 14.4. The largest absolute Gasteiger partial charge is 0.471 e. The summed E-state index contributed by atoms with van der Waals surface area (Å²) in [4.78, 5) is 22.1. The van der Waals surface area contributed by atoms with Gasteiger partial charge in [-0.1, -0.05) is 0 Å². The van der Waals surface area contributed by atoms with Crippen LogP contribution in [0.5, 0.6) is 5.88 Å². The molecule has 1 amide bonds. The van der Waals surface area contributed by atoms with Gasteiger partial charge in [0.25, 0.3) is 5.91 Å². The van der Waals surface area contributed by atoms with Crippen LogP contribution in [0.3, 0.4) is 0 Å². The van der Waals surface area contributed by atoms with E-state index in [9.17, 15) is 4.79 Å². The summed E-state index contributed by atoms with van der Waals surface area (Å²) >= 11 is 0. The Labute approximate surface area is 128 Å². The molecule has 0 bridgehead atoms. The lowest BCUT2D eigenvalue weighted by Gasteiger charge is -2.32. The Kier molecular flexibility index (Phi) is 4.22. The average Bonchev–Trinajstić information content (AvgIpc) is 2.57. The lowest BCUT2D eigenvalue weighted by Crippen LogP contribution is -2.45. The zero-order valence-corrected chi connectivity index (χ0v) is 12.3. The van der Waals surface area contributed by atoms with Gasteiger partial charge in [-0.2, -0.15) is 5.10 Å². The van der Waals surface area contributed by atoms with Gasteiger partial charge in [-0.15, -0.1) is 5.10 Å². The molecule has 114 valence electrons. The molecule has 0 radical (unpaired) electrons. The zero-order valence-electron chi connectivity index (χ0n) is 12.3. The van der Waals surface area contributed by atoms with Gasteiger partial charge in [0.05, 0.1) is 12.2 Å². The van der Waals surface area contributed by atoms with E-state index < -0.39 is 0 Å². The number of rotatable bonds is 3. The smallest absolute Gasteiger partial charge is 0.291 e. The summed E-state index contributed by atoms with van der Waals surface area (Å²) in [6.07, 6.45) is 4.82. The summed E-state index contributed by atoms with van der Waals surface area (Å²) in [5, 5.41) is 7.97. The molecule has 7 heteroatoms. The van der Waals surface area contributed by atoms with Crippen LogP contribution in [0.1, 0.15) is 29.2 Å². The summed E-state index contributed by atoms with van der Waals surface area (Å²) in [5.41, 5.74) is 0.842. The Morgan fingerprint density at radius 2 is 2.09 bits per heavy atom. The van der Waals surface area contributed by atoms with Gasteiger partial charge in [-0.05, 0) is 31.9 Å². The topological polar surface area (TPSA) is 81.1 Å². The molecule has 2 aromatic rings. The quantitative estimate of drug-likeness (QED) is 0.848. The highest BCUT2D eigenvalue weighted by Crippen LogP contribution is 2.17. The Morgan fingerprint density at radius 1 is 1.27 bits per heavy atom. The number of carbonyl (C=O) groups excluding carboxylic acids is 1. The van der Waals surface area contributed by atoms with Crippen molar-refractivity contribution < 1.29 is 9.53 Å². The number of hydrogen-bond acceptors (Lipinski definition) is 6. The van der Waals surface area contributed by atoms with E-state index in [4.69, 9.17) is 4.74 Å². The Balaban J connectivity index is 1.64. The lowest BCUT2D eigenvalue weighted by molar-refractivity contribution is 0.0514. The molecule has 0 saturated carbocycles. The van der Waals surface area contributed by atoms with Crippen molar-refractivity contribution in [3.63, 3.8) is 0 Å². The fourth-order valence-corrected chi connectivity index (χ4v) is 2.39. The molecule has 7 nitrogen and oxygen atoms in total. The van der Waals surface area contributed by atoms with Crippen molar-refractivity contribution in [2.75, 3.05) is 13.1 Å². The van der Waals surface area contributed by atoms with Crippen molar-refractivity contribution >= 4 is 5.91 Å². The maximum Gasteiger partial charge on any atom is 0.291 e. The predicted octanol–water partition coefficient (Wildman–Crippen LogP) is 1.26. The highest BCUT2D eigenvalue weighted by atomic mass is 16.5. The summed E-state index contributed by atoms with van der Waals surface area (Å²) in [6.45, 7) is 3.07. The standard InChI is InChI=1S/C15H17N5O2/c1-11-5-6-13(19-18-11)22-12-4-2-9-20(10-12)15(21)14-16-7-3-8-17-14/h3,5-8,12H,2,4,9-10H2,1H3/t12-/m1/s1. The second-order valence-electron chi connectivity index (χ2n) is 5.22. The van der Waals surface area contributed by atoms with Crippen LogP contribution < -0.4 is 4.74 Å². The molecule has 0 spiro atoms. The normalized spacial score (nSPS) is 18.0. The minimum absolute atomic E-state index is 0.0848. The van der Waals surface area contributed by atoms with Crippen molar-refractivity contribution in [3.05, 3.63) is 42.1 Å². The van der Waals surface area contributed by atoms with Crippen molar-refractivity contribution in [1.29, 1.82) is 0 Å². The van der Waals surface area contributed by atoms with Crippen LogP contribution in [0, 0.1) is 6.92 Å². The van der Waals surface area contributed by atoms with Crippen molar-refractivity contribution in [2.24, 2.45) is 0 Å². The van der Waals surface area contributed by atoms with E-state index in [1.807, 2.05) is 13.0 Å². The minimum Gasteiger partial charge on any atom is -0.471 e. The molecule has 1 fully saturated rings. The first-order chi connectivity index (χ1) is 10.7. The van der Waals surface area contributed by atoms with E-state index in [2.05, 4.69) is 20.2 Å². The van der Waals surface area contributed by atoms with Crippen molar-refractivity contribution in [2.45, 2.75) is 25.9 Å². The van der Waals surface area contributed by atoms with E-state index in [1.165, 1.54) is 0 Å². The third-order valence-electron chi connectivity index (χ3n) is 3.48. The molecule has 1 saturated heterocycles. The van der Waals surface area contributed by atoms with Gasteiger partial charge in [0.15, 0.2) is 0 Å². The van der Waals surface area contributed by atoms with Gasteiger partial charge in [-0.25, -0.2) is 9.97 Å². The van der Waals surface area contributed by atoms with Gasteiger partial charge in [0.2, 0.25) is 11.7 Å². The van der Waals surface area contributed by atoms with Crippen molar-refractivity contribution in [3.8, 4) is 5.88 Å². The van der Waals surface area contributed by atoms with E-state index in [0.717, 1.165) is 18.5 Å². The number of hydrogen-bond donors (Lipinski definition) is 0. The molecule has 0 aromatic carbocycles. The van der Waals surface area contributed by atoms with Crippen molar-refractivity contribution in [1.82, 2.24) is 25.1 Å². The number of aryl methyl sites for hydroxylation is 1. The van der Waals surface area contributed by atoms with E-state index in [0.29, 0.717) is 19.0 Å². The number of aromatic nitrogens is 4.